The Balaban J connectivity index is 1.62. The van der Waals surface area contributed by atoms with Crippen LogP contribution < -0.4 is 4.72 Å². The van der Waals surface area contributed by atoms with E-state index in [2.05, 4.69) is 4.72 Å². The molecule has 4 atom stereocenters. The number of benzene rings is 3. The van der Waals surface area contributed by atoms with Gasteiger partial charge in [0, 0.05) is 16.5 Å². The van der Waals surface area contributed by atoms with Crippen LogP contribution in [-0.2, 0) is 30.8 Å². The molecule has 5 rings (SSSR count). The summed E-state index contributed by atoms with van der Waals surface area (Å²) in [5.41, 5.74) is 2.04. The molecule has 42 heavy (non-hydrogen) atoms. The lowest BCUT2D eigenvalue weighted by Gasteiger charge is -2.47. The maximum atomic E-state index is 14.4. The monoisotopic (exact) mass is 632 g/mol. The third-order valence-corrected chi connectivity index (χ3v) is 9.92. The van der Waals surface area contributed by atoms with Crippen LogP contribution in [0.4, 0.5) is 4.39 Å². The Morgan fingerprint density at radius 2 is 1.55 bits per heavy atom. The topological polar surface area (TPSA) is 92.8 Å². The number of hydrogen-bond donors (Lipinski definition) is 1. The molecule has 0 radical (unpaired) electrons. The van der Waals surface area contributed by atoms with E-state index in [4.69, 9.17) is 27.9 Å². The van der Waals surface area contributed by atoms with Crippen molar-refractivity contribution in [3.05, 3.63) is 105 Å². The van der Waals surface area contributed by atoms with Gasteiger partial charge in [0.2, 0.25) is 10.0 Å². The van der Waals surface area contributed by atoms with Gasteiger partial charge in [0.15, 0.2) is 0 Å². The SMILES string of the molecule is CCC[C@H](C(=O)NS(=O)(=O)C1CC1)N1C(=O)[C@H](Cc2ccc(F)cc2)OC(c2ccc(Cl)cc2)C1c1ccc(Cl)cc1. The highest BCUT2D eigenvalue weighted by molar-refractivity contribution is 7.90. The first-order valence-electron chi connectivity index (χ1n) is 13.9. The molecule has 1 aliphatic carbocycles. The smallest absolute Gasteiger partial charge is 0.256 e. The largest absolute Gasteiger partial charge is 0.358 e. The van der Waals surface area contributed by atoms with Crippen LogP contribution in [0.1, 0.15) is 61.4 Å². The molecule has 222 valence electrons. The van der Waals surface area contributed by atoms with E-state index in [1.54, 1.807) is 60.7 Å². The molecular weight excluding hydrogens is 602 g/mol. The van der Waals surface area contributed by atoms with E-state index in [0.29, 0.717) is 46.0 Å². The van der Waals surface area contributed by atoms with Crippen molar-refractivity contribution < 1.29 is 27.1 Å². The van der Waals surface area contributed by atoms with E-state index in [1.807, 2.05) is 6.92 Å². The van der Waals surface area contributed by atoms with E-state index >= 15 is 0 Å². The normalized spacial score (nSPS) is 21.7. The molecule has 3 aromatic carbocycles. The molecule has 1 saturated heterocycles. The highest BCUT2D eigenvalue weighted by atomic mass is 35.5. The van der Waals surface area contributed by atoms with Gasteiger partial charge in [0.05, 0.1) is 11.3 Å². The highest BCUT2D eigenvalue weighted by Crippen LogP contribution is 2.44. The average molecular weight is 634 g/mol. The first-order chi connectivity index (χ1) is 20.1. The Bertz CT molecular complexity index is 1530. The molecule has 7 nitrogen and oxygen atoms in total. The Labute approximate surface area is 255 Å². The zero-order valence-corrected chi connectivity index (χ0v) is 25.2. The van der Waals surface area contributed by atoms with Crippen LogP contribution in [0, 0.1) is 5.82 Å². The van der Waals surface area contributed by atoms with Crippen LogP contribution in [0.5, 0.6) is 0 Å². The standard InChI is InChI=1S/C31H31Cl2FN2O5S/c1-2-3-26(30(37)35-42(39,40)25-16-17-25)36-28(20-6-10-22(32)11-7-20)29(21-8-12-23(33)13-9-21)41-27(31(36)38)18-19-4-14-24(34)15-5-19/h4-15,25-29H,2-3,16-18H2,1H3,(H,35,37)/t26-,27+,28?,29?/m1/s1. The van der Waals surface area contributed by atoms with E-state index in [1.165, 1.54) is 17.0 Å². The van der Waals surface area contributed by atoms with E-state index < -0.39 is 57.2 Å². The second kappa shape index (κ2) is 12.7. The second-order valence-electron chi connectivity index (χ2n) is 10.7. The van der Waals surface area contributed by atoms with Crippen molar-refractivity contribution in [2.75, 3.05) is 0 Å². The maximum Gasteiger partial charge on any atom is 0.256 e. The molecule has 1 N–H and O–H groups in total. The molecule has 2 unspecified atom stereocenters. The summed E-state index contributed by atoms with van der Waals surface area (Å²) in [4.78, 5) is 29.6. The summed E-state index contributed by atoms with van der Waals surface area (Å²) in [6, 6.07) is 17.8. The summed E-state index contributed by atoms with van der Waals surface area (Å²) in [6.07, 6.45) is 0.0397. The van der Waals surface area contributed by atoms with Gasteiger partial charge < -0.3 is 9.64 Å². The van der Waals surface area contributed by atoms with Gasteiger partial charge in [-0.15, -0.1) is 0 Å². The van der Waals surface area contributed by atoms with Crippen LogP contribution in [0.15, 0.2) is 72.8 Å². The van der Waals surface area contributed by atoms with Crippen molar-refractivity contribution in [2.24, 2.45) is 0 Å². The number of nitrogens with one attached hydrogen (secondary N) is 1. The third kappa shape index (κ3) is 6.80. The second-order valence-corrected chi connectivity index (χ2v) is 13.5. The number of nitrogens with zero attached hydrogens (tertiary/aromatic N) is 1. The fraction of sp³-hybridized carbons (Fsp3) is 0.355. The number of rotatable bonds is 10. The molecule has 0 aromatic heterocycles. The molecule has 2 fully saturated rings. The predicted octanol–water partition coefficient (Wildman–Crippen LogP) is 6.16. The minimum Gasteiger partial charge on any atom is -0.358 e. The summed E-state index contributed by atoms with van der Waals surface area (Å²) < 4.78 is 48.0. The number of halogens is 3. The van der Waals surface area contributed by atoms with Crippen LogP contribution in [0.3, 0.4) is 0 Å². The van der Waals surface area contributed by atoms with E-state index in [9.17, 15) is 22.4 Å². The van der Waals surface area contributed by atoms with Crippen LogP contribution in [0.2, 0.25) is 10.0 Å². The van der Waals surface area contributed by atoms with Crippen LogP contribution in [0.25, 0.3) is 0 Å². The molecule has 0 spiro atoms. The van der Waals surface area contributed by atoms with Gasteiger partial charge in [-0.3, -0.25) is 14.3 Å². The van der Waals surface area contributed by atoms with E-state index in [-0.39, 0.29) is 12.8 Å². The van der Waals surface area contributed by atoms with Crippen molar-refractivity contribution in [1.82, 2.24) is 9.62 Å². The lowest BCUT2D eigenvalue weighted by Crippen LogP contribution is -2.59. The summed E-state index contributed by atoms with van der Waals surface area (Å²) in [5, 5.41) is 0.398. The van der Waals surface area contributed by atoms with Gasteiger partial charge in [-0.05, 0) is 72.4 Å². The summed E-state index contributed by atoms with van der Waals surface area (Å²) in [5.74, 6) is -1.63. The molecule has 2 amide bonds. The summed E-state index contributed by atoms with van der Waals surface area (Å²) >= 11 is 12.4. The molecule has 0 bridgehead atoms. The first kappa shape index (κ1) is 30.5. The van der Waals surface area contributed by atoms with Gasteiger partial charge >= 0.3 is 0 Å². The van der Waals surface area contributed by atoms with Gasteiger partial charge in [-0.1, -0.05) is 72.9 Å². The van der Waals surface area contributed by atoms with Crippen molar-refractivity contribution in [3.63, 3.8) is 0 Å². The molecule has 1 aliphatic heterocycles. The molecule has 11 heteroatoms. The van der Waals surface area contributed by atoms with Gasteiger partial charge in [-0.25, -0.2) is 12.8 Å². The summed E-state index contributed by atoms with van der Waals surface area (Å²) in [7, 11) is -3.87. The zero-order chi connectivity index (χ0) is 30.0. The molecule has 3 aromatic rings. The van der Waals surface area contributed by atoms with Crippen LogP contribution in [-0.4, -0.2) is 42.5 Å². The minimum absolute atomic E-state index is 0.119. The molecular formula is C31H31Cl2FN2O5S. The molecule has 1 heterocycles. The van der Waals surface area contributed by atoms with Crippen molar-refractivity contribution in [2.45, 2.75) is 68.6 Å². The quantitative estimate of drug-likeness (QED) is 0.289. The first-order valence-corrected chi connectivity index (χ1v) is 16.2. The number of ether oxygens (including phenoxy) is 1. The van der Waals surface area contributed by atoms with Crippen molar-refractivity contribution in [1.29, 1.82) is 0 Å². The Morgan fingerprint density at radius 3 is 2.10 bits per heavy atom. The fourth-order valence-corrected chi connectivity index (χ4v) is 6.92. The lowest BCUT2D eigenvalue weighted by molar-refractivity contribution is -0.181. The number of carbonyl (C=O) groups excluding carboxylic acids is 2. The molecule has 1 saturated carbocycles. The van der Waals surface area contributed by atoms with Gasteiger partial charge in [0.25, 0.3) is 11.8 Å². The van der Waals surface area contributed by atoms with Crippen molar-refractivity contribution in [3.8, 4) is 0 Å². The number of sulfonamides is 1. The predicted molar refractivity (Wildman–Crippen MR) is 159 cm³/mol. The third-order valence-electron chi connectivity index (χ3n) is 7.58. The average Bonchev–Trinajstić information content (AvgIpc) is 3.82. The van der Waals surface area contributed by atoms with E-state index in [0.717, 1.165) is 0 Å². The number of carbonyl (C=O) groups is 2. The fourth-order valence-electron chi connectivity index (χ4n) is 5.32. The number of morpholine rings is 1. The van der Waals surface area contributed by atoms with Crippen LogP contribution >= 0.6 is 23.2 Å². The zero-order valence-electron chi connectivity index (χ0n) is 22.9. The highest BCUT2D eigenvalue weighted by Gasteiger charge is 2.49. The maximum absolute atomic E-state index is 14.4. The Morgan fingerprint density at radius 1 is 0.976 bits per heavy atom. The lowest BCUT2D eigenvalue weighted by atomic mass is 9.88. The summed E-state index contributed by atoms with van der Waals surface area (Å²) in [6.45, 7) is 1.87. The Hall–Kier alpha value is -2.98. The van der Waals surface area contributed by atoms with Gasteiger partial charge in [-0.2, -0.15) is 0 Å². The molecule has 2 aliphatic rings. The minimum atomic E-state index is -3.87. The Kier molecular flexibility index (Phi) is 9.23. The number of hydrogen-bond acceptors (Lipinski definition) is 5. The van der Waals surface area contributed by atoms with Crippen molar-refractivity contribution >= 4 is 45.0 Å². The number of amides is 2. The van der Waals surface area contributed by atoms with Gasteiger partial charge in [0.1, 0.15) is 24.1 Å².